The van der Waals surface area contributed by atoms with Crippen molar-refractivity contribution in [3.05, 3.63) is 83.4 Å². The van der Waals surface area contributed by atoms with E-state index in [1.165, 1.54) is 19.3 Å². The highest BCUT2D eigenvalue weighted by Crippen LogP contribution is 2.31. The molecule has 1 saturated heterocycles. The molecule has 1 fully saturated rings. The summed E-state index contributed by atoms with van der Waals surface area (Å²) in [6, 6.07) is 24.0. The molecule has 33 heavy (non-hydrogen) atoms. The van der Waals surface area contributed by atoms with E-state index in [1.807, 2.05) is 60.7 Å². The molecule has 8 heteroatoms. The van der Waals surface area contributed by atoms with Gasteiger partial charge in [-0.2, -0.15) is 4.68 Å². The van der Waals surface area contributed by atoms with E-state index >= 15 is 0 Å². The fourth-order valence-corrected chi connectivity index (χ4v) is 4.27. The summed E-state index contributed by atoms with van der Waals surface area (Å²) in [4.78, 5) is 2.38. The lowest BCUT2D eigenvalue weighted by Gasteiger charge is -2.29. The molecular weight excluding hydrogens is 436 g/mol. The van der Waals surface area contributed by atoms with Crippen molar-refractivity contribution < 1.29 is 4.74 Å². The minimum Gasteiger partial charge on any atom is -0.423 e. The summed E-state index contributed by atoms with van der Waals surface area (Å²) >= 11 is 6.57. The van der Waals surface area contributed by atoms with Crippen molar-refractivity contribution in [3.63, 3.8) is 0 Å². The number of rotatable bonds is 7. The van der Waals surface area contributed by atoms with Gasteiger partial charge in [-0.1, -0.05) is 47.0 Å². The molecule has 0 aliphatic carbocycles. The Morgan fingerprint density at radius 2 is 1.70 bits per heavy atom. The molecule has 0 spiro atoms. The van der Waals surface area contributed by atoms with Crippen LogP contribution in [0.5, 0.6) is 11.8 Å². The molecule has 0 amide bonds. The fraction of sp³-hybridized carbons (Fsp3) is 0.240. The first kappa shape index (κ1) is 21.3. The van der Waals surface area contributed by atoms with Crippen molar-refractivity contribution in [1.29, 1.82) is 0 Å². The van der Waals surface area contributed by atoms with Crippen molar-refractivity contribution >= 4 is 23.0 Å². The molecule has 3 aromatic carbocycles. The van der Waals surface area contributed by atoms with Crippen LogP contribution in [0.3, 0.4) is 0 Å². The molecule has 1 aliphatic heterocycles. The lowest BCUT2D eigenvalue weighted by molar-refractivity contribution is 0.427. The van der Waals surface area contributed by atoms with Crippen molar-refractivity contribution in [2.24, 2.45) is 0 Å². The number of piperidine rings is 1. The van der Waals surface area contributed by atoms with Crippen LogP contribution in [-0.4, -0.2) is 33.3 Å². The molecule has 5 rings (SSSR count). The molecule has 1 N–H and O–H groups in total. The van der Waals surface area contributed by atoms with E-state index in [-0.39, 0.29) is 0 Å². The number of tetrazole rings is 1. The van der Waals surface area contributed by atoms with Crippen molar-refractivity contribution in [1.82, 2.24) is 20.2 Å². The first-order chi connectivity index (χ1) is 16.3. The predicted octanol–water partition coefficient (Wildman–Crippen LogP) is 5.71. The third kappa shape index (κ3) is 5.09. The van der Waals surface area contributed by atoms with Gasteiger partial charge in [-0.3, -0.25) is 0 Å². The molecule has 0 bridgehead atoms. The molecule has 4 aromatic rings. The number of ether oxygens (including phenoxy) is 1. The van der Waals surface area contributed by atoms with Gasteiger partial charge in [0.1, 0.15) is 5.75 Å². The lowest BCUT2D eigenvalue weighted by Crippen LogP contribution is -2.29. The van der Waals surface area contributed by atoms with E-state index in [0.29, 0.717) is 18.3 Å². The molecule has 168 valence electrons. The van der Waals surface area contributed by atoms with Gasteiger partial charge in [0.25, 0.3) is 0 Å². The maximum Gasteiger partial charge on any atom is 0.345 e. The number of nitrogens with one attached hydrogen (secondary N) is 1. The zero-order valence-corrected chi connectivity index (χ0v) is 18.9. The average Bonchev–Trinajstić information content (AvgIpc) is 3.33. The topological polar surface area (TPSA) is 68.1 Å². The Bertz CT molecular complexity index is 1190. The summed E-state index contributed by atoms with van der Waals surface area (Å²) in [7, 11) is 0. The first-order valence-corrected chi connectivity index (χ1v) is 11.5. The number of para-hydroxylation sites is 1. The monoisotopic (exact) mass is 460 g/mol. The second-order valence-electron chi connectivity index (χ2n) is 8.02. The van der Waals surface area contributed by atoms with Gasteiger partial charge in [0, 0.05) is 25.3 Å². The smallest absolute Gasteiger partial charge is 0.345 e. The van der Waals surface area contributed by atoms with Crippen LogP contribution in [0.1, 0.15) is 24.8 Å². The lowest BCUT2D eigenvalue weighted by atomic mass is 10.1. The standard InChI is InChI=1S/C25H25ClN6O/c26-23-17-20(11-14-24(23)31-15-5-2-6-16-31)27-18-19-9-12-22(13-10-19)33-25-28-29-30-32(25)21-7-3-1-4-8-21/h1,3-4,7-14,17,27H,2,5-6,15-16,18H2. The van der Waals surface area contributed by atoms with Crippen LogP contribution < -0.4 is 15.0 Å². The number of aromatic nitrogens is 4. The van der Waals surface area contributed by atoms with E-state index in [4.69, 9.17) is 16.3 Å². The summed E-state index contributed by atoms with van der Waals surface area (Å²) in [6.45, 7) is 2.85. The zero-order valence-electron chi connectivity index (χ0n) is 18.2. The summed E-state index contributed by atoms with van der Waals surface area (Å²) in [5, 5.41) is 16.0. The zero-order chi connectivity index (χ0) is 22.5. The second kappa shape index (κ2) is 9.92. The van der Waals surface area contributed by atoms with Gasteiger partial charge in [0.2, 0.25) is 0 Å². The van der Waals surface area contributed by atoms with E-state index in [0.717, 1.165) is 40.7 Å². The van der Waals surface area contributed by atoms with E-state index in [1.54, 1.807) is 4.68 Å². The van der Waals surface area contributed by atoms with Gasteiger partial charge in [0.05, 0.1) is 16.4 Å². The predicted molar refractivity (Wildman–Crippen MR) is 131 cm³/mol. The Morgan fingerprint density at radius 3 is 2.45 bits per heavy atom. The summed E-state index contributed by atoms with van der Waals surface area (Å²) in [6.07, 6.45) is 3.77. The molecule has 1 aromatic heterocycles. The Hall–Kier alpha value is -3.58. The number of nitrogens with zero attached hydrogens (tertiary/aromatic N) is 5. The number of hydrogen-bond acceptors (Lipinski definition) is 6. The van der Waals surface area contributed by atoms with Gasteiger partial charge in [-0.05, 0) is 77.7 Å². The molecule has 0 saturated carbocycles. The van der Waals surface area contributed by atoms with Gasteiger partial charge >= 0.3 is 6.01 Å². The van der Waals surface area contributed by atoms with Gasteiger partial charge < -0.3 is 15.0 Å². The molecule has 2 heterocycles. The van der Waals surface area contributed by atoms with Gasteiger partial charge in [-0.15, -0.1) is 0 Å². The van der Waals surface area contributed by atoms with Crippen LogP contribution in [0.15, 0.2) is 72.8 Å². The molecule has 0 unspecified atom stereocenters. The van der Waals surface area contributed by atoms with Crippen molar-refractivity contribution in [3.8, 4) is 17.4 Å². The number of benzene rings is 3. The van der Waals surface area contributed by atoms with E-state index in [9.17, 15) is 0 Å². The first-order valence-electron chi connectivity index (χ1n) is 11.2. The molecule has 7 nitrogen and oxygen atoms in total. The molecule has 0 radical (unpaired) electrons. The van der Waals surface area contributed by atoms with Gasteiger partial charge in [0.15, 0.2) is 0 Å². The summed E-state index contributed by atoms with van der Waals surface area (Å²) in [5.41, 5.74) is 4.09. The maximum absolute atomic E-state index is 6.57. The number of halogens is 1. The van der Waals surface area contributed by atoms with Gasteiger partial charge in [-0.25, -0.2) is 0 Å². The fourth-order valence-electron chi connectivity index (χ4n) is 3.97. The third-order valence-corrected chi connectivity index (χ3v) is 6.02. The average molecular weight is 461 g/mol. The minimum atomic E-state index is 0.315. The van der Waals surface area contributed by atoms with E-state index in [2.05, 4.69) is 37.9 Å². The SMILES string of the molecule is Clc1cc(NCc2ccc(Oc3nnnn3-c3ccccc3)cc2)ccc1N1CCCCC1. The van der Waals surface area contributed by atoms with Crippen LogP contribution in [0.4, 0.5) is 11.4 Å². The van der Waals surface area contributed by atoms with E-state index < -0.39 is 0 Å². The summed E-state index contributed by atoms with van der Waals surface area (Å²) < 4.78 is 7.45. The Kier molecular flexibility index (Phi) is 6.39. The number of hydrogen-bond donors (Lipinski definition) is 1. The highest BCUT2D eigenvalue weighted by molar-refractivity contribution is 6.33. The summed E-state index contributed by atoms with van der Waals surface area (Å²) in [5.74, 6) is 0.666. The highest BCUT2D eigenvalue weighted by atomic mass is 35.5. The quantitative estimate of drug-likeness (QED) is 0.381. The molecular formula is C25H25ClN6O. The Balaban J connectivity index is 1.20. The molecule has 1 aliphatic rings. The van der Waals surface area contributed by atoms with Crippen LogP contribution in [0.25, 0.3) is 5.69 Å². The minimum absolute atomic E-state index is 0.315. The van der Waals surface area contributed by atoms with Crippen LogP contribution in [-0.2, 0) is 6.54 Å². The van der Waals surface area contributed by atoms with Crippen LogP contribution in [0.2, 0.25) is 5.02 Å². The largest absolute Gasteiger partial charge is 0.423 e. The Labute approximate surface area is 197 Å². The van der Waals surface area contributed by atoms with Crippen LogP contribution >= 0.6 is 11.6 Å². The third-order valence-electron chi connectivity index (χ3n) is 5.72. The van der Waals surface area contributed by atoms with Crippen molar-refractivity contribution in [2.45, 2.75) is 25.8 Å². The van der Waals surface area contributed by atoms with Crippen molar-refractivity contribution in [2.75, 3.05) is 23.3 Å². The second-order valence-corrected chi connectivity index (χ2v) is 8.43. The van der Waals surface area contributed by atoms with Crippen LogP contribution in [0, 0.1) is 0 Å². The Morgan fingerprint density at radius 1 is 0.909 bits per heavy atom. The highest BCUT2D eigenvalue weighted by Gasteiger charge is 2.14. The molecule has 0 atom stereocenters. The maximum atomic E-state index is 6.57. The number of anilines is 2. The normalized spacial score (nSPS) is 13.7.